The number of benzene rings is 1. The van der Waals surface area contributed by atoms with Crippen LogP contribution in [0.1, 0.15) is 12.5 Å². The smallest absolute Gasteiger partial charge is 0.387 e. The van der Waals surface area contributed by atoms with Gasteiger partial charge < -0.3 is 9.47 Å². The first-order valence-corrected chi connectivity index (χ1v) is 4.65. The fraction of sp³-hybridized carbons (Fsp3) is 0.364. The fourth-order valence-electron chi connectivity index (χ4n) is 1.27. The molecule has 3 nitrogen and oxygen atoms in total. The lowest BCUT2D eigenvalue weighted by Crippen LogP contribution is -2.04. The van der Waals surface area contributed by atoms with E-state index < -0.39 is 6.61 Å². The van der Waals surface area contributed by atoms with E-state index in [-0.39, 0.29) is 5.75 Å². The molecule has 88 valence electrons. The lowest BCUT2D eigenvalue weighted by molar-refractivity contribution is -0.0499. The highest BCUT2D eigenvalue weighted by Crippen LogP contribution is 2.26. The van der Waals surface area contributed by atoms with Crippen LogP contribution in [-0.4, -0.2) is 26.5 Å². The van der Waals surface area contributed by atoms with E-state index in [1.807, 2.05) is 6.92 Å². The molecule has 0 fully saturated rings. The first-order chi connectivity index (χ1) is 7.58. The van der Waals surface area contributed by atoms with Gasteiger partial charge in [0.25, 0.3) is 0 Å². The van der Waals surface area contributed by atoms with Crippen LogP contribution < -0.4 is 9.47 Å². The summed E-state index contributed by atoms with van der Waals surface area (Å²) in [6, 6.07) is 4.51. The van der Waals surface area contributed by atoms with Gasteiger partial charge in [0.2, 0.25) is 0 Å². The number of ether oxygens (including phenoxy) is 2. The van der Waals surface area contributed by atoms with Gasteiger partial charge >= 0.3 is 6.61 Å². The molecule has 0 spiro atoms. The van der Waals surface area contributed by atoms with Gasteiger partial charge in [-0.1, -0.05) is 0 Å². The van der Waals surface area contributed by atoms with Crippen LogP contribution >= 0.6 is 0 Å². The van der Waals surface area contributed by atoms with E-state index in [2.05, 4.69) is 9.73 Å². The van der Waals surface area contributed by atoms with Crippen molar-refractivity contribution in [3.8, 4) is 11.5 Å². The summed E-state index contributed by atoms with van der Waals surface area (Å²) in [6.45, 7) is -1.03. The molecule has 1 rings (SSSR count). The summed E-state index contributed by atoms with van der Waals surface area (Å²) >= 11 is 0. The number of hydrogen-bond acceptors (Lipinski definition) is 3. The zero-order valence-corrected chi connectivity index (χ0v) is 9.33. The summed E-state index contributed by atoms with van der Waals surface area (Å²) in [6.07, 6.45) is 0. The molecule has 0 saturated heterocycles. The molecule has 0 saturated carbocycles. The highest BCUT2D eigenvalue weighted by Gasteiger charge is 2.10. The fourth-order valence-corrected chi connectivity index (χ4v) is 1.27. The normalized spacial score (nSPS) is 11.8. The molecule has 0 aliphatic rings. The lowest BCUT2D eigenvalue weighted by Gasteiger charge is -2.10. The Balaban J connectivity index is 3.07. The first-order valence-electron chi connectivity index (χ1n) is 4.65. The average molecular weight is 229 g/mol. The van der Waals surface area contributed by atoms with Crippen molar-refractivity contribution in [2.75, 3.05) is 14.2 Å². The Morgan fingerprint density at radius 1 is 1.38 bits per heavy atom. The Morgan fingerprint density at radius 2 is 2.06 bits per heavy atom. The van der Waals surface area contributed by atoms with Crippen LogP contribution in [0.2, 0.25) is 0 Å². The van der Waals surface area contributed by atoms with E-state index in [1.165, 1.54) is 19.2 Å². The van der Waals surface area contributed by atoms with Crippen molar-refractivity contribution in [3.63, 3.8) is 0 Å². The third-order valence-electron chi connectivity index (χ3n) is 2.12. The largest absolute Gasteiger partial charge is 0.496 e. The van der Waals surface area contributed by atoms with Crippen LogP contribution in [0, 0.1) is 0 Å². The predicted octanol–water partition coefficient (Wildman–Crippen LogP) is 2.74. The average Bonchev–Trinajstić information content (AvgIpc) is 2.27. The van der Waals surface area contributed by atoms with E-state index in [9.17, 15) is 8.78 Å². The maximum absolute atomic E-state index is 12.0. The molecule has 0 aliphatic carbocycles. The van der Waals surface area contributed by atoms with Crippen LogP contribution in [0.3, 0.4) is 0 Å². The van der Waals surface area contributed by atoms with Gasteiger partial charge in [-0.25, -0.2) is 0 Å². The Labute approximate surface area is 92.7 Å². The number of halogens is 2. The van der Waals surface area contributed by atoms with Crippen LogP contribution in [0.4, 0.5) is 8.78 Å². The SMILES string of the molecule is CN=C(C)c1ccc(OC(F)F)cc1OC. The van der Waals surface area contributed by atoms with Gasteiger partial charge in [-0.15, -0.1) is 0 Å². The molecule has 0 radical (unpaired) electrons. The molecular formula is C11H13F2NO2. The van der Waals surface area contributed by atoms with E-state index in [4.69, 9.17) is 4.74 Å². The summed E-state index contributed by atoms with van der Waals surface area (Å²) in [5.74, 6) is 0.528. The topological polar surface area (TPSA) is 30.8 Å². The number of hydrogen-bond donors (Lipinski definition) is 0. The zero-order chi connectivity index (χ0) is 12.1. The third kappa shape index (κ3) is 2.92. The second-order valence-corrected chi connectivity index (χ2v) is 3.05. The van der Waals surface area contributed by atoms with Crippen molar-refractivity contribution >= 4 is 5.71 Å². The number of aliphatic imine (C=N–C) groups is 1. The molecule has 0 atom stereocenters. The Hall–Kier alpha value is -1.65. The number of alkyl halides is 2. The van der Waals surface area contributed by atoms with Crippen LogP contribution in [-0.2, 0) is 0 Å². The number of methoxy groups -OCH3 is 1. The molecular weight excluding hydrogens is 216 g/mol. The van der Waals surface area contributed by atoms with Crippen molar-refractivity contribution in [1.82, 2.24) is 0 Å². The quantitative estimate of drug-likeness (QED) is 0.743. The van der Waals surface area contributed by atoms with E-state index in [1.54, 1.807) is 13.1 Å². The van der Waals surface area contributed by atoms with Gasteiger partial charge in [-0.05, 0) is 19.1 Å². The van der Waals surface area contributed by atoms with Crippen molar-refractivity contribution < 1.29 is 18.3 Å². The minimum absolute atomic E-state index is 0.0690. The molecule has 0 unspecified atom stereocenters. The molecule has 5 heteroatoms. The summed E-state index contributed by atoms with van der Waals surface area (Å²) in [4.78, 5) is 4.01. The highest BCUT2D eigenvalue weighted by atomic mass is 19.3. The Kier molecular flexibility index (Phi) is 4.22. The molecule has 0 N–H and O–H groups in total. The molecule has 0 aliphatic heterocycles. The Bertz CT molecular complexity index is 392. The first kappa shape index (κ1) is 12.4. The van der Waals surface area contributed by atoms with E-state index in [0.717, 1.165) is 11.3 Å². The van der Waals surface area contributed by atoms with Crippen molar-refractivity contribution in [2.45, 2.75) is 13.5 Å². The zero-order valence-electron chi connectivity index (χ0n) is 9.33. The highest BCUT2D eigenvalue weighted by molar-refractivity contribution is 6.01. The molecule has 16 heavy (non-hydrogen) atoms. The van der Waals surface area contributed by atoms with Crippen molar-refractivity contribution in [1.29, 1.82) is 0 Å². The number of nitrogens with zero attached hydrogens (tertiary/aromatic N) is 1. The summed E-state index contributed by atoms with van der Waals surface area (Å²) in [5, 5.41) is 0. The Morgan fingerprint density at radius 3 is 2.56 bits per heavy atom. The standard InChI is InChI=1S/C11H13F2NO2/c1-7(14-2)9-5-4-8(16-11(12)13)6-10(9)15-3/h4-6,11H,1-3H3. The predicted molar refractivity (Wildman–Crippen MR) is 57.8 cm³/mol. The molecule has 0 bridgehead atoms. The monoisotopic (exact) mass is 229 g/mol. The van der Waals surface area contributed by atoms with Crippen molar-refractivity contribution in [3.05, 3.63) is 23.8 Å². The maximum atomic E-state index is 12.0. The number of rotatable bonds is 4. The summed E-state index contributed by atoms with van der Waals surface area (Å²) in [7, 11) is 3.12. The minimum Gasteiger partial charge on any atom is -0.496 e. The maximum Gasteiger partial charge on any atom is 0.387 e. The van der Waals surface area contributed by atoms with E-state index in [0.29, 0.717) is 5.75 Å². The van der Waals surface area contributed by atoms with Crippen LogP contribution in [0.5, 0.6) is 11.5 Å². The summed E-state index contributed by atoms with van der Waals surface area (Å²) in [5.41, 5.74) is 1.52. The molecule has 0 heterocycles. The van der Waals surface area contributed by atoms with Gasteiger partial charge in [-0.2, -0.15) is 8.78 Å². The van der Waals surface area contributed by atoms with Gasteiger partial charge in [0.05, 0.1) is 7.11 Å². The van der Waals surface area contributed by atoms with Gasteiger partial charge in [0.15, 0.2) is 0 Å². The third-order valence-corrected chi connectivity index (χ3v) is 2.12. The van der Waals surface area contributed by atoms with Crippen LogP contribution in [0.25, 0.3) is 0 Å². The molecule has 0 aromatic heterocycles. The van der Waals surface area contributed by atoms with E-state index >= 15 is 0 Å². The van der Waals surface area contributed by atoms with Crippen molar-refractivity contribution in [2.24, 2.45) is 4.99 Å². The second kappa shape index (κ2) is 5.44. The van der Waals surface area contributed by atoms with Gasteiger partial charge in [0, 0.05) is 24.4 Å². The lowest BCUT2D eigenvalue weighted by atomic mass is 10.1. The van der Waals surface area contributed by atoms with Crippen LogP contribution in [0.15, 0.2) is 23.2 Å². The van der Waals surface area contributed by atoms with Gasteiger partial charge in [0.1, 0.15) is 11.5 Å². The molecule has 1 aromatic carbocycles. The summed E-state index contributed by atoms with van der Waals surface area (Å²) < 4.78 is 33.3. The van der Waals surface area contributed by atoms with Gasteiger partial charge in [-0.3, -0.25) is 4.99 Å². The molecule has 0 amide bonds. The minimum atomic E-state index is -2.84. The molecule has 1 aromatic rings. The second-order valence-electron chi connectivity index (χ2n) is 3.05.